The molecule has 2 aromatic carbocycles. The first-order valence-electron chi connectivity index (χ1n) is 23.2. The first kappa shape index (κ1) is 48.8. The standard InChI is InChI=1S/C51H76O9/c1-37-22-20-25-38(40(37)27-14-6-8-16-30-48(2,3)44(52)53)23-13-11-19-33-51(47(58)59)36-43(51)60-42-29-21-26-39(24-12-10-18-32-50(34-35-50)46(56)57)41(42)28-15-7-9-17-31-49(4,5)45(54)55/h20-22,25-26,29,43H,6-19,23-24,27-28,30-36H2,1-5H3,(H,52,53)(H,54,55)(H,56,57)(H,58,59). The number of aryl methyl sites for hydroxylation is 3. The van der Waals surface area contributed by atoms with Crippen LogP contribution in [0.15, 0.2) is 36.4 Å². The summed E-state index contributed by atoms with van der Waals surface area (Å²) in [7, 11) is 0. The Kier molecular flexibility index (Phi) is 18.1. The summed E-state index contributed by atoms with van der Waals surface area (Å²) in [6, 6.07) is 12.7. The van der Waals surface area contributed by atoms with Crippen molar-refractivity contribution in [1.29, 1.82) is 0 Å². The van der Waals surface area contributed by atoms with Gasteiger partial charge in [-0.2, -0.15) is 0 Å². The summed E-state index contributed by atoms with van der Waals surface area (Å²) in [5, 5.41) is 38.9. The van der Waals surface area contributed by atoms with Crippen LogP contribution >= 0.6 is 0 Å². The zero-order valence-electron chi connectivity index (χ0n) is 37.5. The second-order valence-electron chi connectivity index (χ2n) is 19.8. The molecule has 0 aromatic heterocycles. The predicted molar refractivity (Wildman–Crippen MR) is 237 cm³/mol. The molecule has 0 spiro atoms. The molecule has 9 heteroatoms. The van der Waals surface area contributed by atoms with Gasteiger partial charge in [-0.05, 0) is 158 Å². The SMILES string of the molecule is Cc1cccc(CCCCCC2(C(=O)O)CC2Oc2cccc(CCCCCC3(C(=O)O)CC3)c2CCCCCCC(C)(C)C(=O)O)c1CCCCCCC(C)(C)C(=O)O. The highest BCUT2D eigenvalue weighted by atomic mass is 16.5. The average molecular weight is 833 g/mol. The fraction of sp³-hybridized carbons (Fsp3) is 0.686. The molecule has 334 valence electrons. The summed E-state index contributed by atoms with van der Waals surface area (Å²) >= 11 is 0. The van der Waals surface area contributed by atoms with Crippen LogP contribution in [0.1, 0.15) is 190 Å². The van der Waals surface area contributed by atoms with Gasteiger partial charge in [0.1, 0.15) is 17.3 Å². The number of carboxylic acid groups (broad SMARTS) is 4. The lowest BCUT2D eigenvalue weighted by molar-refractivity contribution is -0.148. The number of benzene rings is 2. The number of hydrogen-bond acceptors (Lipinski definition) is 5. The number of rotatable bonds is 32. The minimum absolute atomic E-state index is 0.369. The lowest BCUT2D eigenvalue weighted by Gasteiger charge is -2.19. The molecule has 2 aromatic rings. The first-order valence-corrected chi connectivity index (χ1v) is 23.2. The summed E-state index contributed by atoms with van der Waals surface area (Å²) in [6.45, 7) is 9.33. The van der Waals surface area contributed by atoms with Gasteiger partial charge in [-0.25, -0.2) is 0 Å². The Balaban J connectivity index is 1.29. The van der Waals surface area contributed by atoms with Crippen LogP contribution in [0.2, 0.25) is 0 Å². The average Bonchev–Trinajstić information content (AvgIpc) is 4.12. The van der Waals surface area contributed by atoms with E-state index in [2.05, 4.69) is 31.2 Å². The normalized spacial score (nSPS) is 18.2. The maximum Gasteiger partial charge on any atom is 0.313 e. The van der Waals surface area contributed by atoms with Crippen LogP contribution in [0.3, 0.4) is 0 Å². The summed E-state index contributed by atoms with van der Waals surface area (Å²) in [6.07, 6.45) is 21.5. The third kappa shape index (κ3) is 14.1. The molecule has 2 atom stereocenters. The molecule has 2 saturated carbocycles. The van der Waals surface area contributed by atoms with Crippen molar-refractivity contribution in [2.45, 2.75) is 201 Å². The lowest BCUT2D eigenvalue weighted by Crippen LogP contribution is -2.23. The first-order chi connectivity index (χ1) is 28.4. The van der Waals surface area contributed by atoms with Gasteiger partial charge in [-0.15, -0.1) is 0 Å². The van der Waals surface area contributed by atoms with Crippen molar-refractivity contribution >= 4 is 23.9 Å². The summed E-state index contributed by atoms with van der Waals surface area (Å²) < 4.78 is 6.64. The van der Waals surface area contributed by atoms with Crippen LogP contribution in [-0.4, -0.2) is 50.4 Å². The van der Waals surface area contributed by atoms with E-state index < -0.39 is 45.5 Å². The highest BCUT2D eigenvalue weighted by Crippen LogP contribution is 2.53. The monoisotopic (exact) mass is 833 g/mol. The van der Waals surface area contributed by atoms with Gasteiger partial charge < -0.3 is 25.2 Å². The van der Waals surface area contributed by atoms with Gasteiger partial charge in [0.05, 0.1) is 16.2 Å². The largest absolute Gasteiger partial charge is 0.489 e. The molecule has 0 aliphatic heterocycles. The Hall–Kier alpha value is -3.88. The molecule has 60 heavy (non-hydrogen) atoms. The highest BCUT2D eigenvalue weighted by molar-refractivity contribution is 5.79. The van der Waals surface area contributed by atoms with E-state index in [1.54, 1.807) is 27.7 Å². The molecule has 2 aliphatic carbocycles. The van der Waals surface area contributed by atoms with Gasteiger partial charge in [0.15, 0.2) is 0 Å². The van der Waals surface area contributed by atoms with Gasteiger partial charge in [0, 0.05) is 6.42 Å². The van der Waals surface area contributed by atoms with Gasteiger partial charge in [0.25, 0.3) is 0 Å². The topological polar surface area (TPSA) is 158 Å². The van der Waals surface area contributed by atoms with Crippen molar-refractivity contribution < 1.29 is 44.3 Å². The molecular weight excluding hydrogens is 757 g/mol. The number of carbonyl (C=O) groups is 4. The van der Waals surface area contributed by atoms with Crippen LogP contribution in [0.4, 0.5) is 0 Å². The van der Waals surface area contributed by atoms with Crippen LogP contribution in [0.25, 0.3) is 0 Å². The summed E-state index contributed by atoms with van der Waals surface area (Å²) in [5.41, 5.74) is 3.72. The fourth-order valence-electron chi connectivity index (χ4n) is 9.04. The maximum atomic E-state index is 12.8. The zero-order valence-corrected chi connectivity index (χ0v) is 37.5. The molecule has 0 saturated heterocycles. The zero-order chi connectivity index (χ0) is 44.0. The van der Waals surface area contributed by atoms with Crippen LogP contribution < -0.4 is 4.74 Å². The van der Waals surface area contributed by atoms with E-state index in [1.165, 1.54) is 22.3 Å². The molecule has 0 amide bonds. The van der Waals surface area contributed by atoms with Gasteiger partial charge in [0.2, 0.25) is 0 Å². The van der Waals surface area contributed by atoms with Crippen molar-refractivity contribution in [3.05, 3.63) is 64.2 Å². The molecule has 2 aliphatic rings. The van der Waals surface area contributed by atoms with Gasteiger partial charge in [-0.1, -0.05) is 94.5 Å². The molecule has 2 fully saturated rings. The van der Waals surface area contributed by atoms with Gasteiger partial charge >= 0.3 is 23.9 Å². The smallest absolute Gasteiger partial charge is 0.313 e. The van der Waals surface area contributed by atoms with E-state index in [4.69, 9.17) is 4.74 Å². The Labute approximate surface area is 360 Å². The van der Waals surface area contributed by atoms with Crippen molar-refractivity contribution in [3.8, 4) is 5.75 Å². The minimum Gasteiger partial charge on any atom is -0.489 e. The van der Waals surface area contributed by atoms with E-state index in [1.807, 2.05) is 12.1 Å². The fourth-order valence-corrected chi connectivity index (χ4v) is 9.04. The Morgan fingerprint density at radius 3 is 1.57 bits per heavy atom. The minimum atomic E-state index is -0.874. The molecule has 0 radical (unpaired) electrons. The third-order valence-corrected chi connectivity index (χ3v) is 14.0. The van der Waals surface area contributed by atoms with Gasteiger partial charge in [-0.3, -0.25) is 19.2 Å². The van der Waals surface area contributed by atoms with Crippen molar-refractivity contribution in [1.82, 2.24) is 0 Å². The lowest BCUT2D eigenvalue weighted by atomic mass is 9.87. The molecular formula is C51H76O9. The molecule has 4 N–H and O–H groups in total. The predicted octanol–water partition coefficient (Wildman–Crippen LogP) is 12.2. The summed E-state index contributed by atoms with van der Waals surface area (Å²) in [4.78, 5) is 47.4. The van der Waals surface area contributed by atoms with Crippen molar-refractivity contribution in [2.75, 3.05) is 0 Å². The van der Waals surface area contributed by atoms with Crippen molar-refractivity contribution in [2.24, 2.45) is 21.7 Å². The molecule has 9 nitrogen and oxygen atoms in total. The molecule has 4 rings (SSSR count). The van der Waals surface area contributed by atoms with Crippen LogP contribution in [0, 0.1) is 28.6 Å². The van der Waals surface area contributed by atoms with E-state index in [0.717, 1.165) is 146 Å². The van der Waals surface area contributed by atoms with Crippen LogP contribution in [-0.2, 0) is 44.9 Å². The van der Waals surface area contributed by atoms with Crippen molar-refractivity contribution in [3.63, 3.8) is 0 Å². The third-order valence-electron chi connectivity index (χ3n) is 14.0. The second kappa shape index (κ2) is 22.3. The van der Waals surface area contributed by atoms with E-state index in [9.17, 15) is 39.6 Å². The highest BCUT2D eigenvalue weighted by Gasteiger charge is 2.62. The molecule has 2 unspecified atom stereocenters. The Morgan fingerprint density at radius 2 is 1.05 bits per heavy atom. The Morgan fingerprint density at radius 1 is 0.583 bits per heavy atom. The van der Waals surface area contributed by atoms with E-state index in [-0.39, 0.29) is 6.10 Å². The second-order valence-corrected chi connectivity index (χ2v) is 19.8. The number of aliphatic carboxylic acids is 4. The maximum absolute atomic E-state index is 12.8. The number of unbranched alkanes of at least 4 members (excludes halogenated alkanes) is 10. The quantitative estimate of drug-likeness (QED) is 0.0526. The van der Waals surface area contributed by atoms with E-state index in [0.29, 0.717) is 25.7 Å². The number of ether oxygens (including phenoxy) is 1. The van der Waals surface area contributed by atoms with Crippen LogP contribution in [0.5, 0.6) is 5.75 Å². The summed E-state index contributed by atoms with van der Waals surface area (Å²) in [5.74, 6) is -2.16. The molecule has 0 bridgehead atoms. The number of carboxylic acids is 4. The Bertz CT molecular complexity index is 1740. The van der Waals surface area contributed by atoms with E-state index >= 15 is 0 Å². The number of hydrogen-bond donors (Lipinski definition) is 4. The molecule has 0 heterocycles.